The average Bonchev–Trinajstić information content (AvgIpc) is 2.44. The Balaban J connectivity index is 1.77. The van der Waals surface area contributed by atoms with Crippen LogP contribution in [-0.4, -0.2) is 36.8 Å². The highest BCUT2D eigenvalue weighted by molar-refractivity contribution is 5.13. The summed E-state index contributed by atoms with van der Waals surface area (Å²) in [7, 11) is 0. The van der Waals surface area contributed by atoms with Crippen molar-refractivity contribution in [1.82, 2.24) is 0 Å². The summed E-state index contributed by atoms with van der Waals surface area (Å²) in [4.78, 5) is 0. The first kappa shape index (κ1) is 14.2. The normalized spacial score (nSPS) is 26.5. The van der Waals surface area contributed by atoms with Crippen molar-refractivity contribution in [3.05, 3.63) is 48.0 Å². The zero-order valence-electron chi connectivity index (χ0n) is 11.1. The molecule has 3 atom stereocenters. The van der Waals surface area contributed by atoms with Gasteiger partial charge in [-0.2, -0.15) is 0 Å². The summed E-state index contributed by atoms with van der Waals surface area (Å²) in [5.74, 6) is 0. The SMILES string of the molecule is CCO[C@@H]1C=C[C@H](O)[C@@H](COCc2ccccc2)O1. The van der Waals surface area contributed by atoms with Crippen molar-refractivity contribution in [1.29, 1.82) is 0 Å². The van der Waals surface area contributed by atoms with Gasteiger partial charge in [0.2, 0.25) is 0 Å². The molecular formula is C15H20O4. The summed E-state index contributed by atoms with van der Waals surface area (Å²) in [5, 5.41) is 9.80. The molecule has 1 aliphatic rings. The minimum absolute atomic E-state index is 0.337. The quantitative estimate of drug-likeness (QED) is 0.797. The second-order valence-electron chi connectivity index (χ2n) is 4.37. The summed E-state index contributed by atoms with van der Waals surface area (Å²) in [6, 6.07) is 9.91. The van der Waals surface area contributed by atoms with Gasteiger partial charge in [0.1, 0.15) is 12.2 Å². The minimum atomic E-state index is -0.646. The van der Waals surface area contributed by atoms with Gasteiger partial charge in [-0.1, -0.05) is 36.4 Å². The molecule has 0 radical (unpaired) electrons. The molecule has 2 rings (SSSR count). The maximum atomic E-state index is 9.80. The second-order valence-corrected chi connectivity index (χ2v) is 4.37. The molecule has 0 unspecified atom stereocenters. The number of rotatable bonds is 6. The summed E-state index contributed by atoms with van der Waals surface area (Å²) in [5.41, 5.74) is 1.10. The first-order chi connectivity index (χ1) is 9.29. The van der Waals surface area contributed by atoms with Crippen molar-refractivity contribution in [2.24, 2.45) is 0 Å². The van der Waals surface area contributed by atoms with Crippen LogP contribution in [0.5, 0.6) is 0 Å². The van der Waals surface area contributed by atoms with Crippen molar-refractivity contribution in [2.45, 2.75) is 32.0 Å². The second kappa shape index (κ2) is 7.40. The summed E-state index contributed by atoms with van der Waals surface area (Å²) in [6.45, 7) is 3.33. The molecule has 0 amide bonds. The monoisotopic (exact) mass is 264 g/mol. The molecule has 0 aromatic heterocycles. The van der Waals surface area contributed by atoms with Crippen LogP contribution in [0, 0.1) is 0 Å². The number of hydrogen-bond donors (Lipinski definition) is 1. The zero-order valence-corrected chi connectivity index (χ0v) is 11.1. The predicted molar refractivity (Wildman–Crippen MR) is 71.5 cm³/mol. The number of hydrogen-bond acceptors (Lipinski definition) is 4. The molecule has 1 aliphatic heterocycles. The highest BCUT2D eigenvalue weighted by Gasteiger charge is 2.25. The van der Waals surface area contributed by atoms with E-state index in [-0.39, 0.29) is 6.10 Å². The fourth-order valence-electron chi connectivity index (χ4n) is 1.89. The molecule has 1 aromatic carbocycles. The highest BCUT2D eigenvalue weighted by atomic mass is 16.7. The predicted octanol–water partition coefficient (Wildman–Crippen LogP) is 1.88. The third-order valence-electron chi connectivity index (χ3n) is 2.88. The lowest BCUT2D eigenvalue weighted by Crippen LogP contribution is -2.39. The Morgan fingerprint density at radius 2 is 2.00 bits per heavy atom. The van der Waals surface area contributed by atoms with E-state index in [2.05, 4.69) is 0 Å². The Bertz CT molecular complexity index is 390. The van der Waals surface area contributed by atoms with Gasteiger partial charge < -0.3 is 19.3 Å². The van der Waals surface area contributed by atoms with E-state index in [1.807, 2.05) is 37.3 Å². The molecule has 0 aliphatic carbocycles. The molecule has 4 heteroatoms. The van der Waals surface area contributed by atoms with E-state index >= 15 is 0 Å². The van der Waals surface area contributed by atoms with E-state index in [9.17, 15) is 5.11 Å². The van der Waals surface area contributed by atoms with E-state index in [4.69, 9.17) is 14.2 Å². The molecule has 1 N–H and O–H groups in total. The third kappa shape index (κ3) is 4.44. The molecule has 1 heterocycles. The Kier molecular flexibility index (Phi) is 5.54. The first-order valence-corrected chi connectivity index (χ1v) is 6.54. The molecule has 0 fully saturated rings. The largest absolute Gasteiger partial charge is 0.386 e. The van der Waals surface area contributed by atoms with Crippen molar-refractivity contribution < 1.29 is 19.3 Å². The number of aliphatic hydroxyl groups is 1. The van der Waals surface area contributed by atoms with Crippen LogP contribution >= 0.6 is 0 Å². The van der Waals surface area contributed by atoms with Gasteiger partial charge >= 0.3 is 0 Å². The van der Waals surface area contributed by atoms with Crippen LogP contribution in [0.15, 0.2) is 42.5 Å². The van der Waals surface area contributed by atoms with Crippen LogP contribution < -0.4 is 0 Å². The third-order valence-corrected chi connectivity index (χ3v) is 2.88. The van der Waals surface area contributed by atoms with Gasteiger partial charge in [0.05, 0.1) is 13.2 Å². The van der Waals surface area contributed by atoms with Gasteiger partial charge in [-0.3, -0.25) is 0 Å². The molecule has 1 aromatic rings. The Hall–Kier alpha value is -1.20. The lowest BCUT2D eigenvalue weighted by atomic mass is 10.1. The summed E-state index contributed by atoms with van der Waals surface area (Å²) < 4.78 is 16.5. The van der Waals surface area contributed by atoms with Crippen molar-refractivity contribution in [3.63, 3.8) is 0 Å². The van der Waals surface area contributed by atoms with Gasteiger partial charge in [-0.15, -0.1) is 0 Å². The van der Waals surface area contributed by atoms with Crippen LogP contribution in [0.25, 0.3) is 0 Å². The molecule has 0 spiro atoms. The summed E-state index contributed by atoms with van der Waals surface area (Å²) in [6.07, 6.45) is 2.00. The van der Waals surface area contributed by atoms with Crippen molar-refractivity contribution in [2.75, 3.05) is 13.2 Å². The van der Waals surface area contributed by atoms with Crippen LogP contribution in [0.3, 0.4) is 0 Å². The molecule has 19 heavy (non-hydrogen) atoms. The van der Waals surface area contributed by atoms with Gasteiger partial charge in [0, 0.05) is 6.61 Å². The number of ether oxygens (including phenoxy) is 3. The highest BCUT2D eigenvalue weighted by Crippen LogP contribution is 2.15. The molecule has 104 valence electrons. The van der Waals surface area contributed by atoms with Gasteiger partial charge in [-0.05, 0) is 18.6 Å². The average molecular weight is 264 g/mol. The maximum Gasteiger partial charge on any atom is 0.177 e. The first-order valence-electron chi connectivity index (χ1n) is 6.54. The van der Waals surface area contributed by atoms with Crippen molar-refractivity contribution >= 4 is 0 Å². The molecule has 4 nitrogen and oxygen atoms in total. The van der Waals surface area contributed by atoms with Crippen LogP contribution in [0.4, 0.5) is 0 Å². The Morgan fingerprint density at radius 3 is 2.74 bits per heavy atom. The fourth-order valence-corrected chi connectivity index (χ4v) is 1.89. The van der Waals surface area contributed by atoms with Crippen LogP contribution in [-0.2, 0) is 20.8 Å². The summed E-state index contributed by atoms with van der Waals surface area (Å²) >= 11 is 0. The smallest absolute Gasteiger partial charge is 0.177 e. The minimum Gasteiger partial charge on any atom is -0.386 e. The van der Waals surface area contributed by atoms with Gasteiger partial charge in [0.15, 0.2) is 6.29 Å². The van der Waals surface area contributed by atoms with Gasteiger partial charge in [-0.25, -0.2) is 0 Å². The molecular weight excluding hydrogens is 244 g/mol. The maximum absolute atomic E-state index is 9.80. The molecule has 0 saturated carbocycles. The molecule has 0 saturated heterocycles. The number of aliphatic hydroxyl groups excluding tert-OH is 1. The lowest BCUT2D eigenvalue weighted by Gasteiger charge is -2.29. The topological polar surface area (TPSA) is 47.9 Å². The number of benzene rings is 1. The Labute approximate surface area is 113 Å². The van der Waals surface area contributed by atoms with Gasteiger partial charge in [0.25, 0.3) is 0 Å². The van der Waals surface area contributed by atoms with E-state index in [0.717, 1.165) is 5.56 Å². The Morgan fingerprint density at radius 1 is 1.21 bits per heavy atom. The lowest BCUT2D eigenvalue weighted by molar-refractivity contribution is -0.183. The van der Waals surface area contributed by atoms with E-state index in [0.29, 0.717) is 19.8 Å². The van der Waals surface area contributed by atoms with E-state index in [1.54, 1.807) is 12.2 Å². The van der Waals surface area contributed by atoms with Crippen LogP contribution in [0.2, 0.25) is 0 Å². The molecule has 0 bridgehead atoms. The van der Waals surface area contributed by atoms with E-state index in [1.165, 1.54) is 0 Å². The van der Waals surface area contributed by atoms with E-state index < -0.39 is 12.4 Å². The van der Waals surface area contributed by atoms with Crippen molar-refractivity contribution in [3.8, 4) is 0 Å². The fraction of sp³-hybridized carbons (Fsp3) is 0.467. The zero-order chi connectivity index (χ0) is 13.5. The van der Waals surface area contributed by atoms with Crippen LogP contribution in [0.1, 0.15) is 12.5 Å². The standard InChI is InChI=1S/C15H20O4/c1-2-18-15-9-8-13(16)14(19-15)11-17-10-12-6-4-3-5-7-12/h3-9,13-16H,2,10-11H2,1H3/t13-,14+,15-/m0/s1.